The van der Waals surface area contributed by atoms with Crippen LogP contribution in [0.3, 0.4) is 0 Å². The highest BCUT2D eigenvalue weighted by Gasteiger charge is 2.17. The average molecular weight is 511 g/mol. The molecule has 0 aliphatic carbocycles. The largest absolute Gasteiger partial charge is 0.325 e. The van der Waals surface area contributed by atoms with E-state index in [0.29, 0.717) is 44.0 Å². The number of benzene rings is 2. The smallest absolute Gasteiger partial charge is 0.234 e. The van der Waals surface area contributed by atoms with Crippen molar-refractivity contribution in [1.82, 2.24) is 14.8 Å². The topological polar surface area (TPSA) is 88.9 Å². The van der Waals surface area contributed by atoms with Crippen LogP contribution in [0.25, 0.3) is 0 Å². The molecule has 0 radical (unpaired) electrons. The second-order valence-corrected chi connectivity index (χ2v) is 8.63. The molecule has 1 heterocycles. The second-order valence-electron chi connectivity index (χ2n) is 6.47. The molecule has 0 aliphatic rings. The second kappa shape index (κ2) is 11.4. The van der Waals surface area contributed by atoms with Crippen LogP contribution in [0, 0.1) is 0 Å². The van der Waals surface area contributed by atoms with Crippen LogP contribution in [0.2, 0.25) is 15.1 Å². The van der Waals surface area contributed by atoms with Crippen molar-refractivity contribution in [2.45, 2.75) is 18.1 Å². The molecule has 0 bridgehead atoms. The van der Waals surface area contributed by atoms with Crippen LogP contribution >= 0.6 is 46.6 Å². The van der Waals surface area contributed by atoms with Crippen molar-refractivity contribution in [3.8, 4) is 0 Å². The van der Waals surface area contributed by atoms with Crippen LogP contribution in [0.5, 0.6) is 0 Å². The monoisotopic (exact) mass is 509 g/mol. The lowest BCUT2D eigenvalue weighted by Gasteiger charge is -2.09. The van der Waals surface area contributed by atoms with E-state index in [9.17, 15) is 9.59 Å². The number of halogens is 3. The molecule has 2 aromatic carbocycles. The van der Waals surface area contributed by atoms with E-state index in [2.05, 4.69) is 27.4 Å². The summed E-state index contributed by atoms with van der Waals surface area (Å²) in [7, 11) is 0. The van der Waals surface area contributed by atoms with E-state index in [4.69, 9.17) is 34.8 Å². The first-order valence-corrected chi connectivity index (χ1v) is 11.4. The summed E-state index contributed by atoms with van der Waals surface area (Å²) >= 11 is 19.1. The van der Waals surface area contributed by atoms with Gasteiger partial charge in [0.25, 0.3) is 0 Å². The summed E-state index contributed by atoms with van der Waals surface area (Å²) < 4.78 is 1.73. The fourth-order valence-corrected chi connectivity index (χ4v) is 3.92. The van der Waals surface area contributed by atoms with E-state index in [1.54, 1.807) is 53.1 Å². The Hall–Kier alpha value is -2.52. The van der Waals surface area contributed by atoms with Crippen molar-refractivity contribution in [3.63, 3.8) is 0 Å². The lowest BCUT2D eigenvalue weighted by Crippen LogP contribution is -2.18. The lowest BCUT2D eigenvalue weighted by atomic mass is 10.3. The van der Waals surface area contributed by atoms with Crippen molar-refractivity contribution in [3.05, 3.63) is 76.0 Å². The summed E-state index contributed by atoms with van der Waals surface area (Å²) in [6, 6.07) is 11.8. The summed E-state index contributed by atoms with van der Waals surface area (Å²) in [6.07, 6.45) is 1.65. The number of carbonyl (C=O) groups excluding carboxylic acids is 2. The molecule has 0 spiro atoms. The number of carbonyl (C=O) groups is 2. The first-order valence-electron chi connectivity index (χ1n) is 9.32. The van der Waals surface area contributed by atoms with Gasteiger partial charge < -0.3 is 15.2 Å². The third-order valence-electron chi connectivity index (χ3n) is 4.11. The number of hydrogen-bond donors (Lipinski definition) is 2. The zero-order valence-corrected chi connectivity index (χ0v) is 19.7. The lowest BCUT2D eigenvalue weighted by molar-refractivity contribution is -0.116. The highest BCUT2D eigenvalue weighted by Crippen LogP contribution is 2.26. The molecular formula is C21H18Cl3N5O2S. The Morgan fingerprint density at radius 1 is 1.00 bits per heavy atom. The number of allylic oxidation sites excluding steroid dienone is 1. The number of thioether (sulfide) groups is 1. The van der Waals surface area contributed by atoms with Gasteiger partial charge in [0.05, 0.1) is 32.9 Å². The Balaban J connectivity index is 1.62. The molecule has 0 unspecified atom stereocenters. The molecule has 1 aromatic heterocycles. The van der Waals surface area contributed by atoms with Gasteiger partial charge in [0.15, 0.2) is 5.16 Å². The van der Waals surface area contributed by atoms with Gasteiger partial charge in [-0.3, -0.25) is 9.59 Å². The zero-order chi connectivity index (χ0) is 23.1. The minimum atomic E-state index is -0.287. The van der Waals surface area contributed by atoms with E-state index in [-0.39, 0.29) is 24.0 Å². The van der Waals surface area contributed by atoms with Crippen molar-refractivity contribution in [1.29, 1.82) is 0 Å². The Morgan fingerprint density at radius 2 is 1.78 bits per heavy atom. The minimum absolute atomic E-state index is 0.0118. The first-order chi connectivity index (χ1) is 15.4. The normalized spacial score (nSPS) is 10.6. The summed E-state index contributed by atoms with van der Waals surface area (Å²) in [6.45, 7) is 4.12. The van der Waals surface area contributed by atoms with Crippen LogP contribution in [0.1, 0.15) is 5.82 Å². The summed E-state index contributed by atoms with van der Waals surface area (Å²) in [4.78, 5) is 24.8. The van der Waals surface area contributed by atoms with Crippen molar-refractivity contribution >= 4 is 69.8 Å². The van der Waals surface area contributed by atoms with Crippen LogP contribution in [-0.4, -0.2) is 32.3 Å². The van der Waals surface area contributed by atoms with Gasteiger partial charge in [-0.05, 0) is 30.3 Å². The Kier molecular flexibility index (Phi) is 8.58. The van der Waals surface area contributed by atoms with Crippen LogP contribution in [-0.2, 0) is 22.6 Å². The fourth-order valence-electron chi connectivity index (χ4n) is 2.67. The summed E-state index contributed by atoms with van der Waals surface area (Å²) in [5.74, 6) is -0.00689. The standard InChI is InChI=1S/C21H18Cl3N5O2S/c1-2-9-29-18(11-19(30)26-17-6-4-3-5-15(17)23)27-28-21(29)32-12-20(31)25-13-7-8-14(22)16(24)10-13/h2-8,10H,1,9,11-12H2,(H,25,31)(H,26,30). The van der Waals surface area contributed by atoms with Gasteiger partial charge in [0, 0.05) is 12.2 Å². The molecule has 2 amide bonds. The molecule has 2 N–H and O–H groups in total. The number of nitrogens with one attached hydrogen (secondary N) is 2. The third kappa shape index (κ3) is 6.49. The molecule has 3 rings (SSSR count). The fraction of sp³-hybridized carbons (Fsp3) is 0.143. The maximum atomic E-state index is 12.5. The van der Waals surface area contributed by atoms with Gasteiger partial charge in [0.1, 0.15) is 5.82 Å². The van der Waals surface area contributed by atoms with E-state index < -0.39 is 0 Å². The van der Waals surface area contributed by atoms with E-state index in [1.165, 1.54) is 11.8 Å². The molecular weight excluding hydrogens is 493 g/mol. The minimum Gasteiger partial charge on any atom is -0.325 e. The van der Waals surface area contributed by atoms with Gasteiger partial charge in [0.2, 0.25) is 11.8 Å². The quantitative estimate of drug-likeness (QED) is 0.300. The van der Waals surface area contributed by atoms with Crippen molar-refractivity contribution in [2.24, 2.45) is 0 Å². The number of aromatic nitrogens is 3. The predicted molar refractivity (Wildman–Crippen MR) is 130 cm³/mol. The molecule has 166 valence electrons. The van der Waals surface area contributed by atoms with Crippen LogP contribution in [0.4, 0.5) is 11.4 Å². The molecule has 0 saturated heterocycles. The maximum absolute atomic E-state index is 12.5. The number of nitrogens with zero attached hydrogens (tertiary/aromatic N) is 3. The van der Waals surface area contributed by atoms with Crippen molar-refractivity contribution < 1.29 is 9.59 Å². The molecule has 0 atom stereocenters. The van der Waals surface area contributed by atoms with E-state index in [1.807, 2.05) is 0 Å². The van der Waals surface area contributed by atoms with Gasteiger partial charge in [-0.2, -0.15) is 0 Å². The molecule has 0 fully saturated rings. The maximum Gasteiger partial charge on any atom is 0.234 e. The number of hydrogen-bond acceptors (Lipinski definition) is 5. The molecule has 32 heavy (non-hydrogen) atoms. The summed E-state index contributed by atoms with van der Waals surface area (Å²) in [5.41, 5.74) is 1.05. The van der Waals surface area contributed by atoms with Gasteiger partial charge >= 0.3 is 0 Å². The number of para-hydroxylation sites is 1. The third-order valence-corrected chi connectivity index (χ3v) is 6.14. The molecule has 11 heteroatoms. The van der Waals surface area contributed by atoms with E-state index in [0.717, 1.165) is 0 Å². The highest BCUT2D eigenvalue weighted by molar-refractivity contribution is 7.99. The Labute approximate surface area is 204 Å². The number of rotatable bonds is 9. The number of anilines is 2. The van der Waals surface area contributed by atoms with Gasteiger partial charge in [-0.1, -0.05) is 64.8 Å². The highest BCUT2D eigenvalue weighted by atomic mass is 35.5. The molecule has 0 aliphatic heterocycles. The Morgan fingerprint density at radius 3 is 2.50 bits per heavy atom. The van der Waals surface area contributed by atoms with Crippen LogP contribution in [0.15, 0.2) is 60.3 Å². The van der Waals surface area contributed by atoms with E-state index >= 15 is 0 Å². The first kappa shape index (κ1) is 24.1. The van der Waals surface area contributed by atoms with Gasteiger partial charge in [-0.25, -0.2) is 0 Å². The van der Waals surface area contributed by atoms with Gasteiger partial charge in [-0.15, -0.1) is 16.8 Å². The summed E-state index contributed by atoms with van der Waals surface area (Å²) in [5, 5.41) is 15.4. The SMILES string of the molecule is C=CCn1c(CC(=O)Nc2ccccc2Cl)nnc1SCC(=O)Nc1ccc(Cl)c(Cl)c1. The van der Waals surface area contributed by atoms with Crippen molar-refractivity contribution in [2.75, 3.05) is 16.4 Å². The average Bonchev–Trinajstić information content (AvgIpc) is 3.12. The zero-order valence-electron chi connectivity index (χ0n) is 16.6. The molecule has 7 nitrogen and oxygen atoms in total. The Bertz CT molecular complexity index is 1150. The molecule has 3 aromatic rings. The molecule has 0 saturated carbocycles. The number of amides is 2. The van der Waals surface area contributed by atoms with Crippen LogP contribution < -0.4 is 10.6 Å². The predicted octanol–water partition coefficient (Wildman–Crippen LogP) is 5.34.